The van der Waals surface area contributed by atoms with Gasteiger partial charge in [0.15, 0.2) is 6.10 Å². The van der Waals surface area contributed by atoms with E-state index in [0.717, 1.165) is 32.1 Å². The summed E-state index contributed by atoms with van der Waals surface area (Å²) in [5.41, 5.74) is 0.622. The number of hydrogen-bond acceptors (Lipinski definition) is 7. The molecule has 1 aliphatic carbocycles. The van der Waals surface area contributed by atoms with E-state index < -0.39 is 12.1 Å². The summed E-state index contributed by atoms with van der Waals surface area (Å²) in [6.45, 7) is 4.36. The van der Waals surface area contributed by atoms with Crippen molar-refractivity contribution in [2.24, 2.45) is 5.92 Å². The SMILES string of the molecule is CCOC(=O)C1CCN(C(=O)[C@H](C)OC(=O)c2ccc3c(c2)C(=O)N(C2CCCCC2)C3=O)CC1. The number of fused-ring (bicyclic) bond motifs is 1. The maximum Gasteiger partial charge on any atom is 0.338 e. The lowest BCUT2D eigenvalue weighted by Crippen LogP contribution is -2.45. The predicted molar refractivity (Wildman–Crippen MR) is 125 cm³/mol. The van der Waals surface area contributed by atoms with Crippen LogP contribution < -0.4 is 0 Å². The molecule has 1 aromatic rings. The molecular weight excluding hydrogens is 452 g/mol. The molecule has 1 saturated carbocycles. The Morgan fingerprint density at radius 3 is 2.29 bits per heavy atom. The molecule has 0 aromatic heterocycles. The van der Waals surface area contributed by atoms with Gasteiger partial charge in [0.05, 0.1) is 29.2 Å². The predicted octanol–water partition coefficient (Wildman–Crippen LogP) is 2.96. The summed E-state index contributed by atoms with van der Waals surface area (Å²) in [5, 5.41) is 0. The van der Waals surface area contributed by atoms with Gasteiger partial charge >= 0.3 is 11.9 Å². The second-order valence-corrected chi connectivity index (χ2v) is 9.43. The van der Waals surface area contributed by atoms with E-state index >= 15 is 0 Å². The molecule has 3 amide bonds. The zero-order chi connectivity index (χ0) is 25.1. The Labute approximate surface area is 204 Å². The fourth-order valence-electron chi connectivity index (χ4n) is 5.19. The van der Waals surface area contributed by atoms with E-state index in [1.807, 2.05) is 0 Å². The number of piperidine rings is 1. The Hall–Kier alpha value is -3.23. The molecule has 35 heavy (non-hydrogen) atoms. The number of carbonyl (C=O) groups excluding carboxylic acids is 5. The number of likely N-dealkylation sites (tertiary alicyclic amines) is 1. The molecule has 2 aliphatic heterocycles. The van der Waals surface area contributed by atoms with E-state index in [0.29, 0.717) is 38.1 Å². The fraction of sp³-hybridized carbons (Fsp3) is 0.577. The third-order valence-corrected chi connectivity index (χ3v) is 7.15. The van der Waals surface area contributed by atoms with Crippen LogP contribution in [0.2, 0.25) is 0 Å². The van der Waals surface area contributed by atoms with E-state index in [4.69, 9.17) is 9.47 Å². The van der Waals surface area contributed by atoms with E-state index in [1.165, 1.54) is 30.0 Å². The summed E-state index contributed by atoms with van der Waals surface area (Å²) in [4.78, 5) is 66.2. The Kier molecular flexibility index (Phi) is 7.52. The number of ether oxygens (including phenoxy) is 2. The van der Waals surface area contributed by atoms with E-state index in [9.17, 15) is 24.0 Å². The number of hydrogen-bond donors (Lipinski definition) is 0. The Balaban J connectivity index is 1.36. The number of esters is 2. The number of carbonyl (C=O) groups is 5. The molecule has 0 bridgehead atoms. The van der Waals surface area contributed by atoms with E-state index in [-0.39, 0.29) is 46.8 Å². The van der Waals surface area contributed by atoms with Gasteiger partial charge in [-0.2, -0.15) is 0 Å². The van der Waals surface area contributed by atoms with Crippen LogP contribution in [0.25, 0.3) is 0 Å². The smallest absolute Gasteiger partial charge is 0.338 e. The summed E-state index contributed by atoms with van der Waals surface area (Å²) >= 11 is 0. The first-order valence-electron chi connectivity index (χ1n) is 12.5. The van der Waals surface area contributed by atoms with Crippen molar-refractivity contribution in [2.45, 2.75) is 70.9 Å². The lowest BCUT2D eigenvalue weighted by Gasteiger charge is -2.32. The van der Waals surface area contributed by atoms with Gasteiger partial charge in [-0.3, -0.25) is 24.1 Å². The molecule has 3 aliphatic rings. The summed E-state index contributed by atoms with van der Waals surface area (Å²) in [6, 6.07) is 4.24. The lowest BCUT2D eigenvalue weighted by atomic mass is 9.94. The number of benzene rings is 1. The minimum atomic E-state index is -1.02. The molecule has 0 unspecified atom stereocenters. The van der Waals surface area contributed by atoms with Gasteiger partial charge in [-0.1, -0.05) is 19.3 Å². The van der Waals surface area contributed by atoms with Crippen LogP contribution >= 0.6 is 0 Å². The van der Waals surface area contributed by atoms with E-state index in [2.05, 4.69) is 0 Å². The van der Waals surface area contributed by atoms with Crippen molar-refractivity contribution in [3.05, 3.63) is 34.9 Å². The zero-order valence-electron chi connectivity index (χ0n) is 20.3. The number of amides is 3. The van der Waals surface area contributed by atoms with Crippen molar-refractivity contribution in [1.29, 1.82) is 0 Å². The summed E-state index contributed by atoms with van der Waals surface area (Å²) in [5.74, 6) is -2.22. The van der Waals surface area contributed by atoms with Crippen LogP contribution in [0.4, 0.5) is 0 Å². The molecule has 1 aromatic carbocycles. The zero-order valence-corrected chi connectivity index (χ0v) is 20.3. The molecule has 0 radical (unpaired) electrons. The van der Waals surface area contributed by atoms with Crippen LogP contribution in [0.5, 0.6) is 0 Å². The van der Waals surface area contributed by atoms with Gasteiger partial charge < -0.3 is 14.4 Å². The third-order valence-electron chi connectivity index (χ3n) is 7.15. The molecule has 9 nitrogen and oxygen atoms in total. The maximum absolute atomic E-state index is 13.0. The first-order chi connectivity index (χ1) is 16.8. The molecule has 1 atom stereocenters. The summed E-state index contributed by atoms with van der Waals surface area (Å²) < 4.78 is 10.5. The normalized spacial score (nSPS) is 19.9. The van der Waals surface area contributed by atoms with Crippen LogP contribution in [0.3, 0.4) is 0 Å². The molecule has 0 spiro atoms. The highest BCUT2D eigenvalue weighted by atomic mass is 16.5. The monoisotopic (exact) mass is 484 g/mol. The van der Waals surface area contributed by atoms with Gasteiger partial charge in [-0.05, 0) is 57.7 Å². The van der Waals surface area contributed by atoms with Crippen LogP contribution in [0.15, 0.2) is 18.2 Å². The first-order valence-corrected chi connectivity index (χ1v) is 12.5. The van der Waals surface area contributed by atoms with Crippen LogP contribution in [-0.4, -0.2) is 71.3 Å². The van der Waals surface area contributed by atoms with Crippen molar-refractivity contribution >= 4 is 29.7 Å². The Morgan fingerprint density at radius 2 is 1.63 bits per heavy atom. The molecule has 2 fully saturated rings. The average Bonchev–Trinajstić information content (AvgIpc) is 3.13. The quantitative estimate of drug-likeness (QED) is 0.451. The molecule has 4 rings (SSSR count). The lowest BCUT2D eigenvalue weighted by molar-refractivity contribution is -0.152. The average molecular weight is 485 g/mol. The van der Waals surface area contributed by atoms with Crippen molar-refractivity contribution in [3.8, 4) is 0 Å². The van der Waals surface area contributed by atoms with Gasteiger partial charge in [0.2, 0.25) is 0 Å². The summed E-state index contributed by atoms with van der Waals surface area (Å²) in [7, 11) is 0. The van der Waals surface area contributed by atoms with Crippen LogP contribution in [0.1, 0.15) is 89.9 Å². The van der Waals surface area contributed by atoms with Gasteiger partial charge in [-0.25, -0.2) is 4.79 Å². The van der Waals surface area contributed by atoms with Crippen LogP contribution in [0, 0.1) is 5.92 Å². The van der Waals surface area contributed by atoms with Crippen LogP contribution in [-0.2, 0) is 19.1 Å². The second kappa shape index (κ2) is 10.6. The topological polar surface area (TPSA) is 110 Å². The van der Waals surface area contributed by atoms with Crippen molar-refractivity contribution in [1.82, 2.24) is 9.80 Å². The molecule has 2 heterocycles. The molecule has 0 N–H and O–H groups in total. The molecule has 1 saturated heterocycles. The molecular formula is C26H32N2O7. The Morgan fingerprint density at radius 1 is 0.971 bits per heavy atom. The second-order valence-electron chi connectivity index (χ2n) is 9.43. The first kappa shape index (κ1) is 24.9. The van der Waals surface area contributed by atoms with Gasteiger partial charge in [-0.15, -0.1) is 0 Å². The van der Waals surface area contributed by atoms with Gasteiger partial charge in [0, 0.05) is 19.1 Å². The number of nitrogens with zero attached hydrogens (tertiary/aromatic N) is 2. The van der Waals surface area contributed by atoms with Crippen molar-refractivity contribution < 1.29 is 33.4 Å². The summed E-state index contributed by atoms with van der Waals surface area (Å²) in [6.07, 6.45) is 4.67. The van der Waals surface area contributed by atoms with Gasteiger partial charge in [0.1, 0.15) is 0 Å². The molecule has 188 valence electrons. The standard InChI is InChI=1S/C26H32N2O7/c1-3-34-25(32)17-11-13-27(14-12-17)22(29)16(2)35-26(33)18-9-10-20-21(15-18)24(31)28(23(20)30)19-7-5-4-6-8-19/h9-10,15-17,19H,3-8,11-14H2,1-2H3/t16-/m0/s1. The van der Waals surface area contributed by atoms with Crippen molar-refractivity contribution in [2.75, 3.05) is 19.7 Å². The highest BCUT2D eigenvalue weighted by Crippen LogP contribution is 2.31. The highest BCUT2D eigenvalue weighted by Gasteiger charge is 2.41. The minimum absolute atomic E-state index is 0.0998. The van der Waals surface area contributed by atoms with Gasteiger partial charge in [0.25, 0.3) is 17.7 Å². The minimum Gasteiger partial charge on any atom is -0.466 e. The van der Waals surface area contributed by atoms with E-state index in [1.54, 1.807) is 11.8 Å². The number of imide groups is 1. The Bertz CT molecular complexity index is 1020. The van der Waals surface area contributed by atoms with Crippen molar-refractivity contribution in [3.63, 3.8) is 0 Å². The maximum atomic E-state index is 13.0. The fourth-order valence-corrected chi connectivity index (χ4v) is 5.19. The highest BCUT2D eigenvalue weighted by molar-refractivity contribution is 6.22. The largest absolute Gasteiger partial charge is 0.466 e. The third kappa shape index (κ3) is 5.09. The molecule has 9 heteroatoms. The number of rotatable bonds is 6.